The SMILES string of the molecule is CN(C)C/C=C/C(=O)NCC1CC(c2ccc3c(c2)CCO3)=NO1. The number of likely N-dealkylation sites (N-methyl/N-ethyl adjacent to an activating group) is 1. The average molecular weight is 329 g/mol. The molecule has 1 N–H and O–H groups in total. The van der Waals surface area contributed by atoms with E-state index in [9.17, 15) is 4.79 Å². The molecule has 2 heterocycles. The number of hydrogen-bond donors (Lipinski definition) is 1. The van der Waals surface area contributed by atoms with Crippen LogP contribution in [0.3, 0.4) is 0 Å². The lowest BCUT2D eigenvalue weighted by atomic mass is 10.0. The number of amides is 1. The monoisotopic (exact) mass is 329 g/mol. The lowest BCUT2D eigenvalue weighted by Crippen LogP contribution is -2.31. The van der Waals surface area contributed by atoms with Crippen molar-refractivity contribution in [2.24, 2.45) is 5.16 Å². The van der Waals surface area contributed by atoms with Crippen LogP contribution >= 0.6 is 0 Å². The van der Waals surface area contributed by atoms with Gasteiger partial charge >= 0.3 is 0 Å². The lowest BCUT2D eigenvalue weighted by molar-refractivity contribution is -0.117. The summed E-state index contributed by atoms with van der Waals surface area (Å²) in [6.45, 7) is 1.94. The van der Waals surface area contributed by atoms with Crippen molar-refractivity contribution in [3.8, 4) is 5.75 Å². The molecule has 2 aliphatic heterocycles. The van der Waals surface area contributed by atoms with Gasteiger partial charge in [-0.3, -0.25) is 4.79 Å². The number of hydrogen-bond acceptors (Lipinski definition) is 5. The molecule has 0 spiro atoms. The molecule has 1 amide bonds. The van der Waals surface area contributed by atoms with E-state index in [1.807, 2.05) is 37.2 Å². The van der Waals surface area contributed by atoms with Crippen molar-refractivity contribution in [2.45, 2.75) is 18.9 Å². The van der Waals surface area contributed by atoms with Crippen LogP contribution in [0.15, 0.2) is 35.5 Å². The van der Waals surface area contributed by atoms with Gasteiger partial charge in [-0.05, 0) is 43.4 Å². The molecule has 3 rings (SSSR count). The highest BCUT2D eigenvalue weighted by atomic mass is 16.6. The lowest BCUT2D eigenvalue weighted by Gasteiger charge is -2.09. The second-order valence-electron chi connectivity index (χ2n) is 6.30. The van der Waals surface area contributed by atoms with E-state index in [2.05, 4.69) is 16.5 Å². The summed E-state index contributed by atoms with van der Waals surface area (Å²) in [7, 11) is 3.91. The molecule has 0 aliphatic carbocycles. The number of benzene rings is 1. The summed E-state index contributed by atoms with van der Waals surface area (Å²) in [5.74, 6) is 0.857. The van der Waals surface area contributed by atoms with E-state index in [0.717, 1.165) is 36.6 Å². The summed E-state index contributed by atoms with van der Waals surface area (Å²) < 4.78 is 5.52. The standard InChI is InChI=1S/C18H23N3O3/c1-21(2)8-3-4-18(22)19-12-15-11-16(20-24-15)13-5-6-17-14(10-13)7-9-23-17/h3-6,10,15H,7-9,11-12H2,1-2H3,(H,19,22)/b4-3+. The van der Waals surface area contributed by atoms with E-state index in [-0.39, 0.29) is 12.0 Å². The van der Waals surface area contributed by atoms with E-state index < -0.39 is 0 Å². The van der Waals surface area contributed by atoms with Crippen molar-refractivity contribution in [3.63, 3.8) is 0 Å². The molecule has 2 aliphatic rings. The number of carbonyl (C=O) groups excluding carboxylic acids is 1. The Kier molecular flexibility index (Phi) is 5.15. The van der Waals surface area contributed by atoms with Crippen LogP contribution in [-0.2, 0) is 16.1 Å². The van der Waals surface area contributed by atoms with E-state index in [1.54, 1.807) is 6.08 Å². The van der Waals surface area contributed by atoms with Crippen LogP contribution in [0.1, 0.15) is 17.5 Å². The fourth-order valence-corrected chi connectivity index (χ4v) is 2.72. The van der Waals surface area contributed by atoms with Gasteiger partial charge in [0.1, 0.15) is 11.9 Å². The average Bonchev–Trinajstić information content (AvgIpc) is 3.21. The van der Waals surface area contributed by atoms with Crippen molar-refractivity contribution in [1.29, 1.82) is 0 Å². The topological polar surface area (TPSA) is 63.2 Å². The molecule has 0 bridgehead atoms. The Morgan fingerprint density at radius 2 is 2.33 bits per heavy atom. The highest BCUT2D eigenvalue weighted by molar-refractivity contribution is 6.01. The normalized spacial score (nSPS) is 19.1. The zero-order chi connectivity index (χ0) is 16.9. The van der Waals surface area contributed by atoms with Gasteiger partial charge in [0.25, 0.3) is 0 Å². The number of carbonyl (C=O) groups is 1. The van der Waals surface area contributed by atoms with Gasteiger partial charge in [0, 0.05) is 25.5 Å². The molecule has 24 heavy (non-hydrogen) atoms. The number of nitrogens with one attached hydrogen (secondary N) is 1. The van der Waals surface area contributed by atoms with Crippen LogP contribution in [0.2, 0.25) is 0 Å². The van der Waals surface area contributed by atoms with E-state index >= 15 is 0 Å². The first kappa shape index (κ1) is 16.5. The third-order valence-corrected chi connectivity index (χ3v) is 4.00. The summed E-state index contributed by atoms with van der Waals surface area (Å²) in [5.41, 5.74) is 3.21. The number of nitrogens with zero attached hydrogens (tertiary/aromatic N) is 2. The summed E-state index contributed by atoms with van der Waals surface area (Å²) in [4.78, 5) is 19.2. The number of fused-ring (bicyclic) bond motifs is 1. The Balaban J connectivity index is 1.47. The summed E-state index contributed by atoms with van der Waals surface area (Å²) in [5, 5.41) is 7.03. The van der Waals surface area contributed by atoms with Crippen LogP contribution in [0.5, 0.6) is 5.75 Å². The third kappa shape index (κ3) is 4.14. The third-order valence-electron chi connectivity index (χ3n) is 4.00. The zero-order valence-electron chi connectivity index (χ0n) is 14.1. The van der Waals surface area contributed by atoms with E-state index in [1.165, 1.54) is 5.56 Å². The fraction of sp³-hybridized carbons (Fsp3) is 0.444. The largest absolute Gasteiger partial charge is 0.493 e. The molecule has 0 saturated carbocycles. The predicted molar refractivity (Wildman–Crippen MR) is 92.4 cm³/mol. The zero-order valence-corrected chi connectivity index (χ0v) is 14.1. The molecule has 1 atom stereocenters. The maximum absolute atomic E-state index is 11.7. The van der Waals surface area contributed by atoms with Crippen LogP contribution < -0.4 is 10.1 Å². The first-order valence-corrected chi connectivity index (χ1v) is 8.19. The molecule has 0 aromatic heterocycles. The van der Waals surface area contributed by atoms with Gasteiger partial charge in [0.2, 0.25) is 5.91 Å². The van der Waals surface area contributed by atoms with Gasteiger partial charge in [-0.15, -0.1) is 0 Å². The van der Waals surface area contributed by atoms with Crippen LogP contribution in [0.4, 0.5) is 0 Å². The second kappa shape index (κ2) is 7.49. The Morgan fingerprint density at radius 3 is 3.17 bits per heavy atom. The quantitative estimate of drug-likeness (QED) is 0.800. The number of ether oxygens (including phenoxy) is 1. The van der Waals surface area contributed by atoms with E-state index in [4.69, 9.17) is 9.57 Å². The smallest absolute Gasteiger partial charge is 0.243 e. The molecule has 0 radical (unpaired) electrons. The fourth-order valence-electron chi connectivity index (χ4n) is 2.72. The molecular formula is C18H23N3O3. The molecule has 128 valence electrons. The van der Waals surface area contributed by atoms with Crippen molar-refractivity contribution < 1.29 is 14.4 Å². The Bertz CT molecular complexity index is 667. The Labute approximate surface area is 142 Å². The Hall–Kier alpha value is -2.34. The molecule has 1 aromatic carbocycles. The minimum Gasteiger partial charge on any atom is -0.493 e. The molecule has 0 saturated heterocycles. The van der Waals surface area contributed by atoms with Gasteiger partial charge in [-0.1, -0.05) is 11.2 Å². The van der Waals surface area contributed by atoms with Gasteiger partial charge < -0.3 is 19.8 Å². The minimum absolute atomic E-state index is 0.108. The number of rotatable bonds is 6. The minimum atomic E-state index is -0.115. The molecule has 6 heteroatoms. The van der Waals surface area contributed by atoms with Crippen LogP contribution in [0.25, 0.3) is 0 Å². The van der Waals surface area contributed by atoms with Gasteiger partial charge in [-0.2, -0.15) is 0 Å². The van der Waals surface area contributed by atoms with Crippen molar-refractivity contribution >= 4 is 11.6 Å². The first-order chi connectivity index (χ1) is 11.6. The van der Waals surface area contributed by atoms with Crippen molar-refractivity contribution in [2.75, 3.05) is 33.8 Å². The molecule has 1 unspecified atom stereocenters. The molecule has 0 fully saturated rings. The molecular weight excluding hydrogens is 306 g/mol. The molecule has 1 aromatic rings. The molecule has 6 nitrogen and oxygen atoms in total. The highest BCUT2D eigenvalue weighted by Gasteiger charge is 2.23. The van der Waals surface area contributed by atoms with Gasteiger partial charge in [0.15, 0.2) is 0 Å². The van der Waals surface area contributed by atoms with Gasteiger partial charge in [0.05, 0.1) is 18.9 Å². The second-order valence-corrected chi connectivity index (χ2v) is 6.30. The number of oxime groups is 1. The van der Waals surface area contributed by atoms with Crippen molar-refractivity contribution in [3.05, 3.63) is 41.5 Å². The predicted octanol–water partition coefficient (Wildman–Crippen LogP) is 1.35. The highest BCUT2D eigenvalue weighted by Crippen LogP contribution is 2.27. The van der Waals surface area contributed by atoms with E-state index in [0.29, 0.717) is 13.0 Å². The summed E-state index contributed by atoms with van der Waals surface area (Å²) >= 11 is 0. The maximum atomic E-state index is 11.7. The van der Waals surface area contributed by atoms with Gasteiger partial charge in [-0.25, -0.2) is 0 Å². The Morgan fingerprint density at radius 1 is 1.46 bits per heavy atom. The maximum Gasteiger partial charge on any atom is 0.243 e. The van der Waals surface area contributed by atoms with Crippen LogP contribution in [0, 0.1) is 0 Å². The summed E-state index contributed by atoms with van der Waals surface area (Å²) in [6.07, 6.45) is 4.91. The first-order valence-electron chi connectivity index (χ1n) is 8.19. The van der Waals surface area contributed by atoms with Crippen LogP contribution in [-0.4, -0.2) is 56.4 Å². The van der Waals surface area contributed by atoms with Crippen molar-refractivity contribution in [1.82, 2.24) is 10.2 Å². The summed E-state index contributed by atoms with van der Waals surface area (Å²) in [6, 6.07) is 6.12.